The monoisotopic (exact) mass is 278 g/mol. The Kier molecular flexibility index (Phi) is 4.03. The van der Waals surface area contributed by atoms with Crippen molar-refractivity contribution in [2.75, 3.05) is 26.2 Å². The fourth-order valence-corrected chi connectivity index (χ4v) is 2.95. The van der Waals surface area contributed by atoms with E-state index in [0.717, 1.165) is 43.6 Å². The zero-order valence-electron chi connectivity index (χ0n) is 11.9. The van der Waals surface area contributed by atoms with Gasteiger partial charge in [0.2, 0.25) is 0 Å². The van der Waals surface area contributed by atoms with Gasteiger partial charge in [0, 0.05) is 43.9 Å². The summed E-state index contributed by atoms with van der Waals surface area (Å²) in [5.41, 5.74) is 2.73. The summed E-state index contributed by atoms with van der Waals surface area (Å²) in [5, 5.41) is 10.6. The molecule has 6 heteroatoms. The van der Waals surface area contributed by atoms with Gasteiger partial charge in [-0.3, -0.25) is 9.89 Å². The molecule has 1 amide bonds. The number of H-pyrrole nitrogens is 1. The first kappa shape index (κ1) is 13.6. The van der Waals surface area contributed by atoms with Crippen LogP contribution in [-0.2, 0) is 17.7 Å². The van der Waals surface area contributed by atoms with Crippen molar-refractivity contribution in [3.05, 3.63) is 17.0 Å². The van der Waals surface area contributed by atoms with Crippen LogP contribution in [0.3, 0.4) is 0 Å². The van der Waals surface area contributed by atoms with Gasteiger partial charge in [0.25, 0.3) is 5.91 Å². The lowest BCUT2D eigenvalue weighted by Gasteiger charge is -2.32. The second kappa shape index (κ2) is 5.93. The molecule has 1 aromatic rings. The van der Waals surface area contributed by atoms with Crippen LogP contribution >= 0.6 is 0 Å². The number of morpholine rings is 1. The lowest BCUT2D eigenvalue weighted by molar-refractivity contribution is -0.0252. The van der Waals surface area contributed by atoms with Gasteiger partial charge in [-0.15, -0.1) is 0 Å². The van der Waals surface area contributed by atoms with E-state index in [1.54, 1.807) is 0 Å². The molecule has 1 saturated heterocycles. The number of ether oxygens (including phenoxy) is 1. The highest BCUT2D eigenvalue weighted by atomic mass is 16.5. The van der Waals surface area contributed by atoms with Crippen molar-refractivity contribution >= 4 is 5.91 Å². The molecule has 3 rings (SSSR count). The second-order valence-electron chi connectivity index (χ2n) is 5.49. The Morgan fingerprint density at radius 3 is 3.30 bits per heavy atom. The first-order valence-corrected chi connectivity index (χ1v) is 7.47. The smallest absolute Gasteiger partial charge is 0.274 e. The SMILES string of the molecule is CCCC1CN(C(=O)c2n[nH]c3c2CNCC3)CCO1. The summed E-state index contributed by atoms with van der Waals surface area (Å²) in [6.45, 7) is 5.78. The van der Waals surface area contributed by atoms with Gasteiger partial charge in [0.1, 0.15) is 0 Å². The van der Waals surface area contributed by atoms with Gasteiger partial charge in [0.15, 0.2) is 5.69 Å². The number of nitrogens with one attached hydrogen (secondary N) is 2. The standard InChI is InChI=1S/C14H22N4O2/c1-2-3-10-9-18(6-7-20-10)14(19)13-11-8-15-5-4-12(11)16-17-13/h10,15H,2-9H2,1H3,(H,16,17). The Balaban J connectivity index is 1.73. The van der Waals surface area contributed by atoms with Crippen molar-refractivity contribution in [1.29, 1.82) is 0 Å². The molecule has 0 aromatic carbocycles. The van der Waals surface area contributed by atoms with Crippen LogP contribution in [0.1, 0.15) is 41.5 Å². The third-order valence-electron chi connectivity index (χ3n) is 4.05. The summed E-state index contributed by atoms with van der Waals surface area (Å²) in [6, 6.07) is 0. The third kappa shape index (κ3) is 2.58. The molecule has 1 aromatic heterocycles. The number of hydrogen-bond donors (Lipinski definition) is 2. The highest BCUT2D eigenvalue weighted by Crippen LogP contribution is 2.19. The fourth-order valence-electron chi connectivity index (χ4n) is 2.95. The van der Waals surface area contributed by atoms with Crippen LogP contribution in [0.25, 0.3) is 0 Å². The minimum Gasteiger partial charge on any atom is -0.375 e. The average molecular weight is 278 g/mol. The van der Waals surface area contributed by atoms with E-state index in [9.17, 15) is 4.79 Å². The van der Waals surface area contributed by atoms with E-state index in [0.29, 0.717) is 25.4 Å². The molecule has 1 atom stereocenters. The van der Waals surface area contributed by atoms with Crippen LogP contribution in [0, 0.1) is 0 Å². The van der Waals surface area contributed by atoms with Gasteiger partial charge >= 0.3 is 0 Å². The van der Waals surface area contributed by atoms with Gasteiger partial charge in [0.05, 0.1) is 12.7 Å². The Morgan fingerprint density at radius 1 is 1.55 bits per heavy atom. The lowest BCUT2D eigenvalue weighted by atomic mass is 10.1. The normalized spacial score (nSPS) is 22.6. The maximum atomic E-state index is 12.6. The zero-order chi connectivity index (χ0) is 13.9. The van der Waals surface area contributed by atoms with Gasteiger partial charge < -0.3 is 15.0 Å². The molecule has 0 radical (unpaired) electrons. The number of carbonyl (C=O) groups is 1. The summed E-state index contributed by atoms with van der Waals surface area (Å²) in [4.78, 5) is 14.5. The van der Waals surface area contributed by atoms with Crippen molar-refractivity contribution in [2.24, 2.45) is 0 Å². The van der Waals surface area contributed by atoms with Crippen molar-refractivity contribution in [3.8, 4) is 0 Å². The highest BCUT2D eigenvalue weighted by molar-refractivity contribution is 5.94. The molecular weight excluding hydrogens is 256 g/mol. The summed E-state index contributed by atoms with van der Waals surface area (Å²) in [7, 11) is 0. The Bertz CT molecular complexity index is 484. The van der Waals surface area contributed by atoms with Crippen LogP contribution in [0.2, 0.25) is 0 Å². The molecule has 2 aliphatic heterocycles. The molecule has 1 unspecified atom stereocenters. The summed E-state index contributed by atoms with van der Waals surface area (Å²) in [5.74, 6) is 0.0376. The van der Waals surface area contributed by atoms with E-state index in [-0.39, 0.29) is 12.0 Å². The quantitative estimate of drug-likeness (QED) is 0.854. The zero-order valence-corrected chi connectivity index (χ0v) is 11.9. The molecule has 3 heterocycles. The molecule has 2 N–H and O–H groups in total. The van der Waals surface area contributed by atoms with Crippen LogP contribution in [0.4, 0.5) is 0 Å². The van der Waals surface area contributed by atoms with Crippen molar-refractivity contribution in [1.82, 2.24) is 20.4 Å². The third-order valence-corrected chi connectivity index (χ3v) is 4.05. The number of carbonyl (C=O) groups excluding carboxylic acids is 1. The molecule has 110 valence electrons. The maximum absolute atomic E-state index is 12.6. The minimum atomic E-state index is 0.0376. The largest absolute Gasteiger partial charge is 0.375 e. The van der Waals surface area contributed by atoms with E-state index in [2.05, 4.69) is 22.4 Å². The molecule has 2 aliphatic rings. The summed E-state index contributed by atoms with van der Waals surface area (Å²) >= 11 is 0. The van der Waals surface area contributed by atoms with Crippen molar-refractivity contribution in [3.63, 3.8) is 0 Å². The van der Waals surface area contributed by atoms with E-state index >= 15 is 0 Å². The average Bonchev–Trinajstić information content (AvgIpc) is 2.91. The predicted molar refractivity (Wildman–Crippen MR) is 74.5 cm³/mol. The van der Waals surface area contributed by atoms with Crippen LogP contribution < -0.4 is 5.32 Å². The van der Waals surface area contributed by atoms with Crippen LogP contribution in [-0.4, -0.2) is 53.3 Å². The fraction of sp³-hybridized carbons (Fsp3) is 0.714. The molecule has 1 fully saturated rings. The molecule has 0 aliphatic carbocycles. The number of fused-ring (bicyclic) bond motifs is 1. The molecule has 0 bridgehead atoms. The van der Waals surface area contributed by atoms with Gasteiger partial charge in [-0.25, -0.2) is 0 Å². The number of hydrogen-bond acceptors (Lipinski definition) is 4. The van der Waals surface area contributed by atoms with Gasteiger partial charge in [-0.2, -0.15) is 5.10 Å². The van der Waals surface area contributed by atoms with E-state index in [1.807, 2.05) is 4.90 Å². The molecule has 0 saturated carbocycles. The number of rotatable bonds is 3. The number of aromatic amines is 1. The van der Waals surface area contributed by atoms with E-state index in [1.165, 1.54) is 0 Å². The molecule has 20 heavy (non-hydrogen) atoms. The number of nitrogens with zero attached hydrogens (tertiary/aromatic N) is 2. The minimum absolute atomic E-state index is 0.0376. The Hall–Kier alpha value is -1.40. The lowest BCUT2D eigenvalue weighted by Crippen LogP contribution is -2.46. The maximum Gasteiger partial charge on any atom is 0.274 e. The van der Waals surface area contributed by atoms with Crippen molar-refractivity contribution in [2.45, 2.75) is 38.8 Å². The molecular formula is C14H22N4O2. The topological polar surface area (TPSA) is 70.2 Å². The predicted octanol–water partition coefficient (Wildman–Crippen LogP) is 0.696. The number of amides is 1. The second-order valence-corrected chi connectivity index (χ2v) is 5.49. The molecule has 6 nitrogen and oxygen atoms in total. The highest BCUT2D eigenvalue weighted by Gasteiger charge is 2.29. The van der Waals surface area contributed by atoms with Crippen LogP contribution in [0.15, 0.2) is 0 Å². The van der Waals surface area contributed by atoms with Gasteiger partial charge in [-0.1, -0.05) is 13.3 Å². The van der Waals surface area contributed by atoms with Crippen molar-refractivity contribution < 1.29 is 9.53 Å². The first-order valence-electron chi connectivity index (χ1n) is 7.47. The molecule has 0 spiro atoms. The Morgan fingerprint density at radius 2 is 2.45 bits per heavy atom. The van der Waals surface area contributed by atoms with E-state index in [4.69, 9.17) is 4.74 Å². The first-order chi connectivity index (χ1) is 9.79. The number of aromatic nitrogens is 2. The summed E-state index contributed by atoms with van der Waals surface area (Å²) < 4.78 is 5.69. The van der Waals surface area contributed by atoms with E-state index < -0.39 is 0 Å². The van der Waals surface area contributed by atoms with Gasteiger partial charge in [-0.05, 0) is 6.42 Å². The van der Waals surface area contributed by atoms with Crippen LogP contribution in [0.5, 0.6) is 0 Å². The summed E-state index contributed by atoms with van der Waals surface area (Å²) in [6.07, 6.45) is 3.17. The Labute approximate surface area is 118 Å².